The quantitative estimate of drug-likeness (QED) is 0.932. The summed E-state index contributed by atoms with van der Waals surface area (Å²) < 4.78 is 6.65. The standard InChI is InChI=1S/C14H21BrN2O/c1-10-3-4-12(13(15)7-10)14(8-16)17-5-6-18-9-11(17)2/h3-4,7,11,14H,5-6,8-9,16H2,1-2H3. The Labute approximate surface area is 117 Å². The Hall–Kier alpha value is -0.420. The number of hydrogen-bond acceptors (Lipinski definition) is 3. The van der Waals surface area contributed by atoms with Crippen molar-refractivity contribution in [2.45, 2.75) is 25.9 Å². The molecule has 1 aliphatic rings. The van der Waals surface area contributed by atoms with Gasteiger partial charge in [-0.25, -0.2) is 0 Å². The molecule has 1 aromatic rings. The SMILES string of the molecule is Cc1ccc(C(CN)N2CCOCC2C)c(Br)c1. The number of aryl methyl sites for hydroxylation is 1. The van der Waals surface area contributed by atoms with E-state index in [1.165, 1.54) is 11.1 Å². The highest BCUT2D eigenvalue weighted by atomic mass is 79.9. The minimum Gasteiger partial charge on any atom is -0.379 e. The first-order valence-corrected chi connectivity index (χ1v) is 7.22. The van der Waals surface area contributed by atoms with Gasteiger partial charge in [-0.2, -0.15) is 0 Å². The normalized spacial score (nSPS) is 23.0. The molecule has 1 heterocycles. The highest BCUT2D eigenvalue weighted by Crippen LogP contribution is 2.30. The van der Waals surface area contributed by atoms with Gasteiger partial charge < -0.3 is 10.5 Å². The van der Waals surface area contributed by atoms with Crippen LogP contribution in [0.25, 0.3) is 0 Å². The van der Waals surface area contributed by atoms with Crippen molar-refractivity contribution in [1.29, 1.82) is 0 Å². The van der Waals surface area contributed by atoms with Gasteiger partial charge in [0.05, 0.1) is 13.2 Å². The molecule has 1 fully saturated rings. The van der Waals surface area contributed by atoms with Gasteiger partial charge in [-0.3, -0.25) is 4.90 Å². The van der Waals surface area contributed by atoms with Gasteiger partial charge in [0.2, 0.25) is 0 Å². The van der Waals surface area contributed by atoms with Gasteiger partial charge in [-0.1, -0.05) is 28.1 Å². The third kappa shape index (κ3) is 2.94. The Balaban J connectivity index is 2.26. The maximum Gasteiger partial charge on any atom is 0.0620 e. The first-order valence-electron chi connectivity index (χ1n) is 6.43. The molecule has 1 aliphatic heterocycles. The van der Waals surface area contributed by atoms with Crippen molar-refractivity contribution in [3.05, 3.63) is 33.8 Å². The predicted octanol–water partition coefficient (Wildman–Crippen LogP) is 2.48. The zero-order chi connectivity index (χ0) is 13.1. The smallest absolute Gasteiger partial charge is 0.0620 e. The second kappa shape index (κ2) is 6.15. The number of benzene rings is 1. The van der Waals surface area contributed by atoms with E-state index >= 15 is 0 Å². The Morgan fingerprint density at radius 1 is 1.56 bits per heavy atom. The van der Waals surface area contributed by atoms with E-state index < -0.39 is 0 Å². The molecule has 2 unspecified atom stereocenters. The molecule has 100 valence electrons. The lowest BCUT2D eigenvalue weighted by atomic mass is 10.0. The maximum atomic E-state index is 6.00. The average Bonchev–Trinajstić information content (AvgIpc) is 2.34. The van der Waals surface area contributed by atoms with Crippen LogP contribution in [0.2, 0.25) is 0 Å². The van der Waals surface area contributed by atoms with E-state index in [1.807, 2.05) is 0 Å². The molecule has 3 nitrogen and oxygen atoms in total. The molecular weight excluding hydrogens is 292 g/mol. The monoisotopic (exact) mass is 312 g/mol. The van der Waals surface area contributed by atoms with Gasteiger partial charge in [0.25, 0.3) is 0 Å². The zero-order valence-corrected chi connectivity index (χ0v) is 12.6. The topological polar surface area (TPSA) is 38.5 Å². The number of morpholine rings is 1. The molecular formula is C14H21BrN2O. The van der Waals surface area contributed by atoms with Gasteiger partial charge in [0.15, 0.2) is 0 Å². The lowest BCUT2D eigenvalue weighted by Gasteiger charge is -2.39. The van der Waals surface area contributed by atoms with Gasteiger partial charge in [0.1, 0.15) is 0 Å². The molecule has 0 radical (unpaired) electrons. The second-order valence-corrected chi connectivity index (χ2v) is 5.79. The lowest BCUT2D eigenvalue weighted by molar-refractivity contribution is -0.0210. The fourth-order valence-corrected chi connectivity index (χ4v) is 3.30. The Morgan fingerprint density at radius 2 is 2.33 bits per heavy atom. The van der Waals surface area contributed by atoms with Gasteiger partial charge in [0, 0.05) is 29.6 Å². The molecule has 2 N–H and O–H groups in total. The highest BCUT2D eigenvalue weighted by Gasteiger charge is 2.27. The number of nitrogens with zero attached hydrogens (tertiary/aromatic N) is 1. The van der Waals surface area contributed by atoms with Crippen molar-refractivity contribution < 1.29 is 4.74 Å². The predicted molar refractivity (Wildman–Crippen MR) is 77.7 cm³/mol. The average molecular weight is 313 g/mol. The fourth-order valence-electron chi connectivity index (χ4n) is 2.55. The molecule has 2 rings (SSSR count). The van der Waals surface area contributed by atoms with E-state index in [-0.39, 0.29) is 6.04 Å². The van der Waals surface area contributed by atoms with Crippen LogP contribution in [-0.4, -0.2) is 37.2 Å². The maximum absolute atomic E-state index is 6.00. The van der Waals surface area contributed by atoms with Crippen molar-refractivity contribution in [1.82, 2.24) is 4.90 Å². The summed E-state index contributed by atoms with van der Waals surface area (Å²) in [6, 6.07) is 7.16. The van der Waals surface area contributed by atoms with E-state index in [1.54, 1.807) is 0 Å². The summed E-state index contributed by atoms with van der Waals surface area (Å²) in [4.78, 5) is 2.44. The lowest BCUT2D eigenvalue weighted by Crippen LogP contribution is -2.47. The van der Waals surface area contributed by atoms with Crippen LogP contribution < -0.4 is 5.73 Å². The van der Waals surface area contributed by atoms with Crippen molar-refractivity contribution in [3.63, 3.8) is 0 Å². The fraction of sp³-hybridized carbons (Fsp3) is 0.571. The van der Waals surface area contributed by atoms with Crippen molar-refractivity contribution in [3.8, 4) is 0 Å². The Kier molecular flexibility index (Phi) is 4.78. The summed E-state index contributed by atoms with van der Waals surface area (Å²) in [7, 11) is 0. The van der Waals surface area contributed by atoms with Crippen LogP contribution in [0.1, 0.15) is 24.1 Å². The van der Waals surface area contributed by atoms with Crippen molar-refractivity contribution in [2.24, 2.45) is 5.73 Å². The molecule has 0 saturated carbocycles. The molecule has 1 saturated heterocycles. The minimum atomic E-state index is 0.263. The van der Waals surface area contributed by atoms with E-state index in [2.05, 4.69) is 52.9 Å². The Morgan fingerprint density at radius 3 is 2.94 bits per heavy atom. The van der Waals surface area contributed by atoms with Crippen LogP contribution in [-0.2, 0) is 4.74 Å². The summed E-state index contributed by atoms with van der Waals surface area (Å²) in [6.07, 6.45) is 0. The van der Waals surface area contributed by atoms with E-state index in [0.29, 0.717) is 12.6 Å². The molecule has 0 bridgehead atoms. The zero-order valence-electron chi connectivity index (χ0n) is 11.0. The summed E-state index contributed by atoms with van der Waals surface area (Å²) in [5, 5.41) is 0. The highest BCUT2D eigenvalue weighted by molar-refractivity contribution is 9.10. The summed E-state index contributed by atoms with van der Waals surface area (Å²) in [6.45, 7) is 7.47. The second-order valence-electron chi connectivity index (χ2n) is 4.94. The molecule has 2 atom stereocenters. The number of halogens is 1. The van der Waals surface area contributed by atoms with Crippen LogP contribution in [0, 0.1) is 6.92 Å². The molecule has 0 aliphatic carbocycles. The van der Waals surface area contributed by atoms with E-state index in [4.69, 9.17) is 10.5 Å². The first-order chi connectivity index (χ1) is 8.63. The van der Waals surface area contributed by atoms with Crippen LogP contribution in [0.15, 0.2) is 22.7 Å². The van der Waals surface area contributed by atoms with Gasteiger partial charge >= 0.3 is 0 Å². The molecule has 0 aromatic heterocycles. The van der Waals surface area contributed by atoms with Crippen LogP contribution in [0.3, 0.4) is 0 Å². The number of hydrogen-bond donors (Lipinski definition) is 1. The van der Waals surface area contributed by atoms with Crippen LogP contribution in [0.5, 0.6) is 0 Å². The third-order valence-electron chi connectivity index (χ3n) is 3.56. The summed E-state index contributed by atoms with van der Waals surface area (Å²) >= 11 is 3.66. The molecule has 18 heavy (non-hydrogen) atoms. The molecule has 1 aromatic carbocycles. The first kappa shape index (κ1) is 14.0. The number of ether oxygens (including phenoxy) is 1. The van der Waals surface area contributed by atoms with E-state index in [0.717, 1.165) is 24.2 Å². The largest absolute Gasteiger partial charge is 0.379 e. The van der Waals surface area contributed by atoms with E-state index in [9.17, 15) is 0 Å². The number of rotatable bonds is 3. The van der Waals surface area contributed by atoms with Crippen molar-refractivity contribution in [2.75, 3.05) is 26.3 Å². The Bertz CT molecular complexity index is 411. The molecule has 0 amide bonds. The third-order valence-corrected chi connectivity index (χ3v) is 4.24. The van der Waals surface area contributed by atoms with Crippen LogP contribution in [0.4, 0.5) is 0 Å². The molecule has 0 spiro atoms. The minimum absolute atomic E-state index is 0.263. The summed E-state index contributed by atoms with van der Waals surface area (Å²) in [5.74, 6) is 0. The molecule has 4 heteroatoms. The van der Waals surface area contributed by atoms with Gasteiger partial charge in [-0.15, -0.1) is 0 Å². The van der Waals surface area contributed by atoms with Crippen molar-refractivity contribution >= 4 is 15.9 Å². The van der Waals surface area contributed by atoms with Gasteiger partial charge in [-0.05, 0) is 31.0 Å². The summed E-state index contributed by atoms with van der Waals surface area (Å²) in [5.41, 5.74) is 8.54. The number of nitrogens with two attached hydrogens (primary N) is 1. The van der Waals surface area contributed by atoms with Crippen LogP contribution >= 0.6 is 15.9 Å².